The molecule has 0 spiro atoms. The van der Waals surface area contributed by atoms with Crippen molar-refractivity contribution in [2.75, 3.05) is 33.4 Å². The van der Waals surface area contributed by atoms with Gasteiger partial charge in [0.15, 0.2) is 0 Å². The molecule has 0 amide bonds. The van der Waals surface area contributed by atoms with Crippen molar-refractivity contribution in [3.05, 3.63) is 59.2 Å². The summed E-state index contributed by atoms with van der Waals surface area (Å²) in [7, 11) is 1.39. The van der Waals surface area contributed by atoms with Crippen LogP contribution in [0.1, 0.15) is 55.2 Å². The van der Waals surface area contributed by atoms with Gasteiger partial charge >= 0.3 is 5.97 Å². The van der Waals surface area contributed by atoms with Crippen molar-refractivity contribution in [1.82, 2.24) is 4.90 Å². The Kier molecular flexibility index (Phi) is 6.38. The number of hydrogen-bond acceptors (Lipinski definition) is 5. The highest BCUT2D eigenvalue weighted by molar-refractivity contribution is 5.87. The first kappa shape index (κ1) is 23.7. The van der Waals surface area contributed by atoms with Gasteiger partial charge in [0.25, 0.3) is 0 Å². The van der Waals surface area contributed by atoms with Crippen LogP contribution in [0.5, 0.6) is 5.75 Å². The number of nitrogens with zero attached hydrogens (tertiary/aromatic N) is 1. The van der Waals surface area contributed by atoms with Crippen LogP contribution in [0, 0.1) is 17.8 Å². The highest BCUT2D eigenvalue weighted by Gasteiger charge is 2.52. The summed E-state index contributed by atoms with van der Waals surface area (Å²) in [6.45, 7) is 4.16. The normalized spacial score (nSPS) is 29.6. The molecule has 4 saturated carbocycles. The first-order valence-corrected chi connectivity index (χ1v) is 13.5. The van der Waals surface area contributed by atoms with Crippen molar-refractivity contribution in [3.8, 4) is 16.9 Å². The molecule has 5 fully saturated rings. The third-order valence-corrected chi connectivity index (χ3v) is 9.16. The summed E-state index contributed by atoms with van der Waals surface area (Å²) < 4.78 is 10.3. The van der Waals surface area contributed by atoms with Gasteiger partial charge in [-0.1, -0.05) is 18.2 Å². The lowest BCUT2D eigenvalue weighted by atomic mass is 9.48. The van der Waals surface area contributed by atoms with Gasteiger partial charge in [0.05, 0.1) is 20.3 Å². The SMILES string of the molecule is COC(=O)C=Cc1ccc(-c2ccc(O)c(C34CC5CC(CC(C5)C3)C4)c2)c(CN2CCOCC2)c1. The monoisotopic (exact) mass is 487 g/mol. The summed E-state index contributed by atoms with van der Waals surface area (Å²) in [4.78, 5) is 14.1. The molecule has 0 radical (unpaired) electrons. The zero-order valence-corrected chi connectivity index (χ0v) is 21.2. The second kappa shape index (κ2) is 9.68. The summed E-state index contributed by atoms with van der Waals surface area (Å²) in [5.41, 5.74) is 5.89. The Labute approximate surface area is 214 Å². The molecule has 0 atom stereocenters. The third-order valence-electron chi connectivity index (χ3n) is 9.16. The zero-order chi connectivity index (χ0) is 24.7. The number of ether oxygens (including phenoxy) is 2. The van der Waals surface area contributed by atoms with Gasteiger partial charge in [0, 0.05) is 31.3 Å². The van der Waals surface area contributed by atoms with Gasteiger partial charge in [0.2, 0.25) is 0 Å². The number of hydrogen-bond donors (Lipinski definition) is 1. The first-order chi connectivity index (χ1) is 17.5. The fourth-order valence-electron chi connectivity index (χ4n) is 7.93. The van der Waals surface area contributed by atoms with Gasteiger partial charge in [0.1, 0.15) is 5.75 Å². The Hall–Kier alpha value is -2.63. The van der Waals surface area contributed by atoms with Crippen molar-refractivity contribution in [1.29, 1.82) is 0 Å². The predicted molar refractivity (Wildman–Crippen MR) is 141 cm³/mol. The molecule has 1 aliphatic heterocycles. The topological polar surface area (TPSA) is 59.0 Å². The molecule has 36 heavy (non-hydrogen) atoms. The minimum atomic E-state index is -0.354. The van der Waals surface area contributed by atoms with Gasteiger partial charge < -0.3 is 14.6 Å². The average Bonchev–Trinajstić information content (AvgIpc) is 2.87. The van der Waals surface area contributed by atoms with Crippen molar-refractivity contribution in [3.63, 3.8) is 0 Å². The molecule has 190 valence electrons. The Balaban J connectivity index is 1.37. The minimum absolute atomic E-state index is 0.141. The van der Waals surface area contributed by atoms with Crippen LogP contribution in [0.15, 0.2) is 42.5 Å². The number of phenolic OH excluding ortho intramolecular Hbond substituents is 1. The van der Waals surface area contributed by atoms with Crippen LogP contribution in [-0.4, -0.2) is 49.4 Å². The number of morpholine rings is 1. The molecule has 0 aromatic heterocycles. The first-order valence-electron chi connectivity index (χ1n) is 13.5. The quantitative estimate of drug-likeness (QED) is 0.428. The van der Waals surface area contributed by atoms with E-state index in [1.165, 1.54) is 74.0 Å². The molecule has 7 rings (SSSR count). The van der Waals surface area contributed by atoms with E-state index in [1.807, 2.05) is 12.1 Å². The summed E-state index contributed by atoms with van der Waals surface area (Å²) in [6.07, 6.45) is 11.2. The summed E-state index contributed by atoms with van der Waals surface area (Å²) >= 11 is 0. The van der Waals surface area contributed by atoms with E-state index >= 15 is 0 Å². The molecule has 1 N–H and O–H groups in total. The third kappa shape index (κ3) is 4.59. The minimum Gasteiger partial charge on any atom is -0.508 e. The second-order valence-electron chi connectivity index (χ2n) is 11.6. The van der Waals surface area contributed by atoms with E-state index in [2.05, 4.69) is 35.2 Å². The van der Waals surface area contributed by atoms with Crippen LogP contribution in [0.3, 0.4) is 0 Å². The molecule has 5 heteroatoms. The Bertz CT molecular complexity index is 1130. The molecule has 2 aromatic carbocycles. The van der Waals surface area contributed by atoms with E-state index in [9.17, 15) is 9.90 Å². The molecule has 2 aromatic rings. The van der Waals surface area contributed by atoms with Crippen LogP contribution in [-0.2, 0) is 26.2 Å². The van der Waals surface area contributed by atoms with Gasteiger partial charge in [-0.2, -0.15) is 0 Å². The van der Waals surface area contributed by atoms with Crippen LogP contribution in [0.25, 0.3) is 17.2 Å². The maximum absolute atomic E-state index is 11.7. The van der Waals surface area contributed by atoms with E-state index in [4.69, 9.17) is 9.47 Å². The van der Waals surface area contributed by atoms with Crippen LogP contribution in [0.2, 0.25) is 0 Å². The van der Waals surface area contributed by atoms with E-state index in [0.29, 0.717) is 5.75 Å². The molecule has 1 heterocycles. The lowest BCUT2D eigenvalue weighted by molar-refractivity contribution is -0.134. The standard InChI is InChI=1S/C31H37NO4/c1-35-30(34)7-3-21-2-5-27(26(15-21)20-32-8-10-36-11-9-32)25-4-6-29(33)28(16-25)31-17-22-12-23(18-31)14-24(13-22)19-31/h2-7,15-16,22-24,33H,8-14,17-20H2,1H3. The summed E-state index contributed by atoms with van der Waals surface area (Å²) in [5.74, 6) is 2.60. The molecule has 0 unspecified atom stereocenters. The number of esters is 1. The predicted octanol–water partition coefficient (Wildman–Crippen LogP) is 5.55. The lowest BCUT2D eigenvalue weighted by Crippen LogP contribution is -2.48. The van der Waals surface area contributed by atoms with Gasteiger partial charge in [-0.05, 0) is 108 Å². The van der Waals surface area contributed by atoms with Crippen molar-refractivity contribution in [2.45, 2.75) is 50.5 Å². The van der Waals surface area contributed by atoms with Gasteiger partial charge in [-0.3, -0.25) is 4.90 Å². The van der Waals surface area contributed by atoms with E-state index in [0.717, 1.165) is 56.2 Å². The number of carbonyl (C=O) groups excluding carboxylic acids is 1. The zero-order valence-electron chi connectivity index (χ0n) is 21.2. The molecule has 4 aliphatic carbocycles. The van der Waals surface area contributed by atoms with Crippen molar-refractivity contribution in [2.24, 2.45) is 17.8 Å². The Morgan fingerprint density at radius 3 is 2.42 bits per heavy atom. The maximum Gasteiger partial charge on any atom is 0.330 e. The fourth-order valence-corrected chi connectivity index (χ4v) is 7.93. The fraction of sp³-hybridized carbons (Fsp3) is 0.516. The highest BCUT2D eigenvalue weighted by Crippen LogP contribution is 2.62. The van der Waals surface area contributed by atoms with E-state index < -0.39 is 0 Å². The Morgan fingerprint density at radius 1 is 1.06 bits per heavy atom. The number of benzene rings is 2. The van der Waals surface area contributed by atoms with Crippen LogP contribution in [0.4, 0.5) is 0 Å². The number of aromatic hydroxyl groups is 1. The van der Waals surface area contributed by atoms with Crippen molar-refractivity contribution < 1.29 is 19.4 Å². The molecular formula is C31H37NO4. The van der Waals surface area contributed by atoms with Crippen molar-refractivity contribution >= 4 is 12.0 Å². The van der Waals surface area contributed by atoms with Gasteiger partial charge in [-0.15, -0.1) is 0 Å². The molecule has 4 bridgehead atoms. The van der Waals surface area contributed by atoms with E-state index in [-0.39, 0.29) is 11.4 Å². The number of methoxy groups -OCH3 is 1. The number of carbonyl (C=O) groups is 1. The largest absolute Gasteiger partial charge is 0.508 e. The number of phenols is 1. The maximum atomic E-state index is 11.7. The highest BCUT2D eigenvalue weighted by atomic mass is 16.5. The molecular weight excluding hydrogens is 450 g/mol. The molecule has 1 saturated heterocycles. The van der Waals surface area contributed by atoms with Gasteiger partial charge in [-0.25, -0.2) is 4.79 Å². The average molecular weight is 488 g/mol. The van der Waals surface area contributed by atoms with Crippen LogP contribution < -0.4 is 0 Å². The second-order valence-corrected chi connectivity index (χ2v) is 11.6. The Morgan fingerprint density at radius 2 is 1.75 bits per heavy atom. The number of rotatable bonds is 6. The molecule has 5 nitrogen and oxygen atoms in total. The summed E-state index contributed by atoms with van der Waals surface area (Å²) in [5, 5.41) is 11.1. The smallest absolute Gasteiger partial charge is 0.330 e. The lowest BCUT2D eigenvalue weighted by Gasteiger charge is -2.57. The van der Waals surface area contributed by atoms with Crippen LogP contribution >= 0.6 is 0 Å². The van der Waals surface area contributed by atoms with E-state index in [1.54, 1.807) is 0 Å². The molecule has 5 aliphatic rings. The summed E-state index contributed by atoms with van der Waals surface area (Å²) in [6, 6.07) is 12.7.